The zero-order chi connectivity index (χ0) is 23.4. The Morgan fingerprint density at radius 1 is 1.21 bits per heavy atom. The average Bonchev–Trinajstić information content (AvgIpc) is 3.21. The highest BCUT2D eigenvalue weighted by Gasteiger charge is 2.36. The van der Waals surface area contributed by atoms with Gasteiger partial charge in [0.2, 0.25) is 5.91 Å². The van der Waals surface area contributed by atoms with Crippen molar-refractivity contribution in [1.29, 1.82) is 0 Å². The second-order valence-corrected chi connectivity index (χ2v) is 9.51. The minimum absolute atomic E-state index is 0.0306. The largest absolute Gasteiger partial charge is 0.490 e. The molecule has 0 N–H and O–H groups in total. The highest BCUT2D eigenvalue weighted by atomic mass is 79.9. The van der Waals surface area contributed by atoms with Crippen molar-refractivity contribution in [3.63, 3.8) is 0 Å². The number of ether oxygens (including phenoxy) is 2. The van der Waals surface area contributed by atoms with E-state index in [1.54, 1.807) is 4.68 Å². The predicted octanol–water partition coefficient (Wildman–Crippen LogP) is 3.13. The minimum Gasteiger partial charge on any atom is -0.490 e. The van der Waals surface area contributed by atoms with Crippen LogP contribution in [0.4, 0.5) is 0 Å². The van der Waals surface area contributed by atoms with Gasteiger partial charge in [0.25, 0.3) is 5.91 Å². The summed E-state index contributed by atoms with van der Waals surface area (Å²) in [5.41, 5.74) is 1.36. The van der Waals surface area contributed by atoms with Crippen molar-refractivity contribution in [1.82, 2.24) is 19.6 Å². The molecule has 0 unspecified atom stereocenters. The fraction of sp³-hybridized carbons (Fsp3) is 0.542. The highest BCUT2D eigenvalue weighted by molar-refractivity contribution is 9.10. The Morgan fingerprint density at radius 3 is 2.70 bits per heavy atom. The molecule has 2 amide bonds. The Kier molecular flexibility index (Phi) is 7.70. The zero-order valence-electron chi connectivity index (χ0n) is 19.2. The van der Waals surface area contributed by atoms with Crippen LogP contribution in [0.3, 0.4) is 0 Å². The predicted molar refractivity (Wildman–Crippen MR) is 127 cm³/mol. The third-order valence-corrected chi connectivity index (χ3v) is 6.83. The summed E-state index contributed by atoms with van der Waals surface area (Å²) < 4.78 is 14.4. The van der Waals surface area contributed by atoms with Crippen LogP contribution >= 0.6 is 15.9 Å². The van der Waals surface area contributed by atoms with Gasteiger partial charge in [-0.15, -0.1) is 0 Å². The molecule has 0 aliphatic carbocycles. The van der Waals surface area contributed by atoms with Crippen molar-refractivity contribution >= 4 is 27.7 Å². The molecule has 2 fully saturated rings. The SMILES string of the molecule is CCn1cc(C(=O)N2CC[C@H](Oc3cccc(Br)c3)[C@@H](CC(=O)N3CCOCC3)C2)c(C)n1. The maximum absolute atomic E-state index is 13.3. The van der Waals surface area contributed by atoms with Gasteiger partial charge in [0, 0.05) is 62.2 Å². The summed E-state index contributed by atoms with van der Waals surface area (Å²) >= 11 is 3.49. The quantitative estimate of drug-likeness (QED) is 0.587. The van der Waals surface area contributed by atoms with Gasteiger partial charge in [0.05, 0.1) is 24.5 Å². The number of amides is 2. The number of carbonyl (C=O) groups excluding carboxylic acids is 2. The smallest absolute Gasteiger partial charge is 0.257 e. The van der Waals surface area contributed by atoms with Crippen LogP contribution in [0, 0.1) is 12.8 Å². The first-order chi connectivity index (χ1) is 15.9. The molecule has 0 saturated carbocycles. The molecule has 1 aromatic carbocycles. The Hall–Kier alpha value is -2.39. The molecule has 1 aromatic heterocycles. The first kappa shape index (κ1) is 23.8. The number of morpholine rings is 1. The summed E-state index contributed by atoms with van der Waals surface area (Å²) in [5, 5.41) is 4.42. The number of benzene rings is 1. The van der Waals surface area contributed by atoms with E-state index in [0.29, 0.717) is 64.3 Å². The van der Waals surface area contributed by atoms with Gasteiger partial charge >= 0.3 is 0 Å². The van der Waals surface area contributed by atoms with Crippen LogP contribution in [-0.2, 0) is 16.1 Å². The van der Waals surface area contributed by atoms with Crippen LogP contribution in [0.2, 0.25) is 0 Å². The first-order valence-electron chi connectivity index (χ1n) is 11.6. The van der Waals surface area contributed by atoms with E-state index in [2.05, 4.69) is 21.0 Å². The number of piperidine rings is 1. The summed E-state index contributed by atoms with van der Waals surface area (Å²) in [6.07, 6.45) is 2.68. The molecule has 3 heterocycles. The summed E-state index contributed by atoms with van der Waals surface area (Å²) in [6, 6.07) is 7.74. The molecule has 2 atom stereocenters. The number of rotatable bonds is 6. The van der Waals surface area contributed by atoms with Crippen LogP contribution in [0.5, 0.6) is 5.75 Å². The molecule has 2 aromatic rings. The van der Waals surface area contributed by atoms with Crippen molar-refractivity contribution < 1.29 is 19.1 Å². The minimum atomic E-state index is -0.146. The van der Waals surface area contributed by atoms with Crippen LogP contribution < -0.4 is 4.74 Å². The zero-order valence-corrected chi connectivity index (χ0v) is 20.8. The fourth-order valence-corrected chi connectivity index (χ4v) is 4.87. The van der Waals surface area contributed by atoms with E-state index in [0.717, 1.165) is 15.9 Å². The van der Waals surface area contributed by atoms with Crippen molar-refractivity contribution in [2.75, 3.05) is 39.4 Å². The van der Waals surface area contributed by atoms with Gasteiger partial charge in [0.1, 0.15) is 11.9 Å². The molecular formula is C24H31BrN4O4. The third kappa shape index (κ3) is 5.76. The lowest BCUT2D eigenvalue weighted by Gasteiger charge is -2.39. The van der Waals surface area contributed by atoms with Crippen LogP contribution in [0.25, 0.3) is 0 Å². The second-order valence-electron chi connectivity index (χ2n) is 8.59. The van der Waals surface area contributed by atoms with E-state index >= 15 is 0 Å². The van der Waals surface area contributed by atoms with Gasteiger partial charge in [-0.3, -0.25) is 14.3 Å². The Bertz CT molecular complexity index is 989. The van der Waals surface area contributed by atoms with Gasteiger partial charge in [-0.05, 0) is 32.0 Å². The summed E-state index contributed by atoms with van der Waals surface area (Å²) in [7, 11) is 0. The van der Waals surface area contributed by atoms with E-state index in [9.17, 15) is 9.59 Å². The molecule has 2 aliphatic heterocycles. The topological polar surface area (TPSA) is 76.9 Å². The molecule has 0 bridgehead atoms. The fourth-order valence-electron chi connectivity index (χ4n) is 4.49. The lowest BCUT2D eigenvalue weighted by molar-refractivity contribution is -0.137. The second kappa shape index (κ2) is 10.7. The lowest BCUT2D eigenvalue weighted by atomic mass is 9.90. The number of aromatic nitrogens is 2. The van der Waals surface area contributed by atoms with E-state index in [1.807, 2.05) is 54.1 Å². The molecule has 33 heavy (non-hydrogen) atoms. The molecule has 2 aliphatic rings. The van der Waals surface area contributed by atoms with Gasteiger partial charge < -0.3 is 19.3 Å². The molecule has 0 spiro atoms. The van der Waals surface area contributed by atoms with E-state index in [4.69, 9.17) is 9.47 Å². The molecular weight excluding hydrogens is 488 g/mol. The van der Waals surface area contributed by atoms with Crippen molar-refractivity contribution in [2.45, 2.75) is 39.3 Å². The number of halogens is 1. The summed E-state index contributed by atoms with van der Waals surface area (Å²) in [4.78, 5) is 30.1. The number of nitrogens with zero attached hydrogens (tertiary/aromatic N) is 4. The number of likely N-dealkylation sites (tertiary alicyclic amines) is 1. The Labute approximate surface area is 202 Å². The lowest BCUT2D eigenvalue weighted by Crippen LogP contribution is -2.50. The maximum atomic E-state index is 13.3. The monoisotopic (exact) mass is 518 g/mol. The highest BCUT2D eigenvalue weighted by Crippen LogP contribution is 2.29. The maximum Gasteiger partial charge on any atom is 0.257 e. The van der Waals surface area contributed by atoms with Crippen molar-refractivity contribution in [3.8, 4) is 5.75 Å². The van der Waals surface area contributed by atoms with Crippen molar-refractivity contribution in [3.05, 3.63) is 46.2 Å². The molecule has 8 nitrogen and oxygen atoms in total. The third-order valence-electron chi connectivity index (χ3n) is 6.34. The van der Waals surface area contributed by atoms with Crippen LogP contribution in [-0.4, -0.2) is 76.9 Å². The van der Waals surface area contributed by atoms with Gasteiger partial charge in [0.15, 0.2) is 0 Å². The molecule has 178 valence electrons. The summed E-state index contributed by atoms with van der Waals surface area (Å²) in [5.74, 6) is 0.726. The van der Waals surface area contributed by atoms with Gasteiger partial charge in [-0.1, -0.05) is 22.0 Å². The Balaban J connectivity index is 1.50. The first-order valence-corrected chi connectivity index (χ1v) is 12.3. The normalized spacial score (nSPS) is 21.2. The van der Waals surface area contributed by atoms with Crippen LogP contribution in [0.15, 0.2) is 34.9 Å². The number of aryl methyl sites for hydroxylation is 2. The van der Waals surface area contributed by atoms with E-state index in [-0.39, 0.29) is 23.8 Å². The van der Waals surface area contributed by atoms with E-state index < -0.39 is 0 Å². The van der Waals surface area contributed by atoms with Crippen LogP contribution in [0.1, 0.15) is 35.8 Å². The van der Waals surface area contributed by atoms with Gasteiger partial charge in [-0.25, -0.2) is 0 Å². The molecule has 4 rings (SSSR count). The van der Waals surface area contributed by atoms with Gasteiger partial charge in [-0.2, -0.15) is 5.10 Å². The number of hydrogen-bond acceptors (Lipinski definition) is 5. The Morgan fingerprint density at radius 2 is 2.00 bits per heavy atom. The standard InChI is InChI=1S/C24H31BrN4O4/c1-3-29-16-21(17(2)26-29)24(31)28-8-7-22(33-20-6-4-5-19(25)14-20)18(15-28)13-23(30)27-9-11-32-12-10-27/h4-6,14,16,18,22H,3,7-13,15H2,1-2H3/t18-,22-/m0/s1. The number of carbonyl (C=O) groups is 2. The van der Waals surface area contributed by atoms with E-state index in [1.165, 1.54) is 0 Å². The average molecular weight is 519 g/mol. The molecule has 0 radical (unpaired) electrons. The van der Waals surface area contributed by atoms with Crippen molar-refractivity contribution in [2.24, 2.45) is 5.92 Å². The summed E-state index contributed by atoms with van der Waals surface area (Å²) in [6.45, 7) is 8.00. The molecule has 2 saturated heterocycles. The molecule has 9 heteroatoms. The number of hydrogen-bond donors (Lipinski definition) is 0.